The number of nitrogens with zero attached hydrogens (tertiary/aromatic N) is 1. The zero-order valence-electron chi connectivity index (χ0n) is 14.1. The Morgan fingerprint density at radius 1 is 1.12 bits per heavy atom. The summed E-state index contributed by atoms with van der Waals surface area (Å²) in [6.07, 6.45) is 0. The molecule has 3 rings (SSSR count). The number of aryl methyl sites for hydroxylation is 2. The average Bonchev–Trinajstić information content (AvgIpc) is 3.13. The molecule has 0 N–H and O–H groups in total. The molecule has 7 nitrogen and oxygen atoms in total. The molecule has 0 aliphatic rings. The van der Waals surface area contributed by atoms with Crippen molar-refractivity contribution in [3.8, 4) is 0 Å². The maximum absolute atomic E-state index is 12.3. The molecule has 130 valence electrons. The van der Waals surface area contributed by atoms with Crippen molar-refractivity contribution in [1.29, 1.82) is 0 Å². The standard InChI is InChI=1S/C18H17NO6/c1-4-22-18(21)16-13(12-7-5-6-8-14(12)24-16)9-23-17(20)15-10(2)19-25-11(15)3/h5-8H,4,9H2,1-3H3. The van der Waals surface area contributed by atoms with E-state index >= 15 is 0 Å². The van der Waals surface area contributed by atoms with Gasteiger partial charge < -0.3 is 18.4 Å². The van der Waals surface area contributed by atoms with E-state index in [9.17, 15) is 9.59 Å². The molecule has 0 saturated carbocycles. The Kier molecular flexibility index (Phi) is 4.56. The first-order valence-corrected chi connectivity index (χ1v) is 7.80. The minimum Gasteiger partial charge on any atom is -0.460 e. The van der Waals surface area contributed by atoms with E-state index in [1.807, 2.05) is 6.07 Å². The van der Waals surface area contributed by atoms with E-state index in [0.717, 1.165) is 0 Å². The number of para-hydroxylation sites is 1. The van der Waals surface area contributed by atoms with E-state index < -0.39 is 11.9 Å². The lowest BCUT2D eigenvalue weighted by Crippen LogP contribution is -2.10. The Labute approximate surface area is 143 Å². The van der Waals surface area contributed by atoms with Crippen LogP contribution in [0, 0.1) is 13.8 Å². The van der Waals surface area contributed by atoms with Crippen LogP contribution in [-0.4, -0.2) is 23.7 Å². The number of ether oxygens (including phenoxy) is 2. The van der Waals surface area contributed by atoms with Gasteiger partial charge in [0.25, 0.3) is 0 Å². The number of fused-ring (bicyclic) bond motifs is 1. The molecule has 7 heteroatoms. The second-order valence-electron chi connectivity index (χ2n) is 5.40. The number of hydrogen-bond acceptors (Lipinski definition) is 7. The van der Waals surface area contributed by atoms with Crippen molar-refractivity contribution in [2.45, 2.75) is 27.4 Å². The summed E-state index contributed by atoms with van der Waals surface area (Å²) in [4.78, 5) is 24.5. The van der Waals surface area contributed by atoms with Crippen LogP contribution in [0.2, 0.25) is 0 Å². The van der Waals surface area contributed by atoms with Gasteiger partial charge in [-0.15, -0.1) is 0 Å². The highest BCUT2D eigenvalue weighted by Gasteiger charge is 2.24. The van der Waals surface area contributed by atoms with Crippen molar-refractivity contribution >= 4 is 22.9 Å². The summed E-state index contributed by atoms with van der Waals surface area (Å²) in [6.45, 7) is 5.08. The van der Waals surface area contributed by atoms with Crippen molar-refractivity contribution in [1.82, 2.24) is 5.16 Å². The van der Waals surface area contributed by atoms with Crippen molar-refractivity contribution in [3.63, 3.8) is 0 Å². The van der Waals surface area contributed by atoms with Gasteiger partial charge in [0.05, 0.1) is 17.9 Å². The largest absolute Gasteiger partial charge is 0.460 e. The first kappa shape index (κ1) is 16.8. The summed E-state index contributed by atoms with van der Waals surface area (Å²) < 4.78 is 20.9. The zero-order chi connectivity index (χ0) is 18.0. The fourth-order valence-corrected chi connectivity index (χ4v) is 2.59. The molecule has 2 heterocycles. The lowest BCUT2D eigenvalue weighted by Gasteiger charge is -2.05. The number of carbonyl (C=O) groups is 2. The third-order valence-corrected chi connectivity index (χ3v) is 3.74. The van der Waals surface area contributed by atoms with Gasteiger partial charge in [-0.2, -0.15) is 0 Å². The number of furan rings is 1. The molecule has 25 heavy (non-hydrogen) atoms. The number of rotatable bonds is 5. The van der Waals surface area contributed by atoms with Gasteiger partial charge in [-0.25, -0.2) is 9.59 Å². The predicted octanol–water partition coefficient (Wildman–Crippen LogP) is 3.57. The molecule has 3 aromatic rings. The van der Waals surface area contributed by atoms with E-state index in [1.165, 1.54) is 0 Å². The maximum atomic E-state index is 12.3. The molecule has 0 fully saturated rings. The van der Waals surface area contributed by atoms with Crippen LogP contribution in [0.1, 0.15) is 44.9 Å². The van der Waals surface area contributed by atoms with Gasteiger partial charge in [0.2, 0.25) is 5.76 Å². The highest BCUT2D eigenvalue weighted by atomic mass is 16.5. The molecule has 0 bridgehead atoms. The van der Waals surface area contributed by atoms with E-state index in [4.69, 9.17) is 18.4 Å². The first-order valence-electron chi connectivity index (χ1n) is 7.80. The molecular weight excluding hydrogens is 326 g/mol. The van der Waals surface area contributed by atoms with Crippen LogP contribution in [0.4, 0.5) is 0 Å². The Bertz CT molecular complexity index is 917. The Morgan fingerprint density at radius 2 is 1.88 bits per heavy atom. The Morgan fingerprint density at radius 3 is 2.56 bits per heavy atom. The van der Waals surface area contributed by atoms with E-state index in [1.54, 1.807) is 39.0 Å². The predicted molar refractivity (Wildman–Crippen MR) is 87.3 cm³/mol. The van der Waals surface area contributed by atoms with Crippen LogP contribution in [0.3, 0.4) is 0 Å². The fourth-order valence-electron chi connectivity index (χ4n) is 2.59. The molecule has 0 aliphatic heterocycles. The molecule has 0 radical (unpaired) electrons. The van der Waals surface area contributed by atoms with E-state index in [0.29, 0.717) is 28.0 Å². The number of hydrogen-bond donors (Lipinski definition) is 0. The fraction of sp³-hybridized carbons (Fsp3) is 0.278. The maximum Gasteiger partial charge on any atom is 0.374 e. The average molecular weight is 343 g/mol. The van der Waals surface area contributed by atoms with Crippen LogP contribution in [0.5, 0.6) is 0 Å². The monoisotopic (exact) mass is 343 g/mol. The molecule has 0 saturated heterocycles. The van der Waals surface area contributed by atoms with Crippen molar-refractivity contribution in [2.75, 3.05) is 6.61 Å². The van der Waals surface area contributed by atoms with Gasteiger partial charge in [0, 0.05) is 5.39 Å². The lowest BCUT2D eigenvalue weighted by molar-refractivity contribution is 0.0433. The second kappa shape index (κ2) is 6.80. The summed E-state index contributed by atoms with van der Waals surface area (Å²) in [5, 5.41) is 4.43. The highest BCUT2D eigenvalue weighted by Crippen LogP contribution is 2.28. The summed E-state index contributed by atoms with van der Waals surface area (Å²) in [5.41, 5.74) is 1.72. The summed E-state index contributed by atoms with van der Waals surface area (Å²) in [6, 6.07) is 7.13. The summed E-state index contributed by atoms with van der Waals surface area (Å²) >= 11 is 0. The van der Waals surface area contributed by atoms with Gasteiger partial charge in [0.1, 0.15) is 23.5 Å². The van der Waals surface area contributed by atoms with Gasteiger partial charge in [-0.05, 0) is 26.8 Å². The Hall–Kier alpha value is -3.09. The van der Waals surface area contributed by atoms with Crippen LogP contribution < -0.4 is 0 Å². The van der Waals surface area contributed by atoms with E-state index in [2.05, 4.69) is 5.16 Å². The quantitative estimate of drug-likeness (QED) is 0.654. The Balaban J connectivity index is 1.91. The number of aromatic nitrogens is 1. The molecule has 0 amide bonds. The molecule has 1 aromatic carbocycles. The van der Waals surface area contributed by atoms with Crippen molar-refractivity contribution < 1.29 is 28.0 Å². The molecule has 0 atom stereocenters. The van der Waals surface area contributed by atoms with Crippen LogP contribution >= 0.6 is 0 Å². The minimum absolute atomic E-state index is 0.0367. The van der Waals surface area contributed by atoms with Crippen molar-refractivity contribution in [2.24, 2.45) is 0 Å². The van der Waals surface area contributed by atoms with Gasteiger partial charge in [-0.1, -0.05) is 23.4 Å². The smallest absolute Gasteiger partial charge is 0.374 e. The lowest BCUT2D eigenvalue weighted by atomic mass is 10.1. The number of carbonyl (C=O) groups excluding carboxylic acids is 2. The molecule has 2 aromatic heterocycles. The molecule has 0 spiro atoms. The van der Waals surface area contributed by atoms with Crippen LogP contribution in [-0.2, 0) is 16.1 Å². The van der Waals surface area contributed by atoms with Gasteiger partial charge in [0.15, 0.2) is 0 Å². The highest BCUT2D eigenvalue weighted by molar-refractivity contribution is 5.96. The third-order valence-electron chi connectivity index (χ3n) is 3.74. The molecule has 0 aliphatic carbocycles. The van der Waals surface area contributed by atoms with Gasteiger partial charge >= 0.3 is 11.9 Å². The topological polar surface area (TPSA) is 91.8 Å². The SMILES string of the molecule is CCOC(=O)c1oc2ccccc2c1COC(=O)c1c(C)noc1C. The van der Waals surface area contributed by atoms with Crippen LogP contribution in [0.15, 0.2) is 33.2 Å². The summed E-state index contributed by atoms with van der Waals surface area (Å²) in [7, 11) is 0. The van der Waals surface area contributed by atoms with Gasteiger partial charge in [-0.3, -0.25) is 0 Å². The summed E-state index contributed by atoms with van der Waals surface area (Å²) in [5.74, 6) is -0.752. The van der Waals surface area contributed by atoms with Crippen LogP contribution in [0.25, 0.3) is 11.0 Å². The molecular formula is C18H17NO6. The molecule has 0 unspecified atom stereocenters. The normalized spacial score (nSPS) is 10.8. The number of benzene rings is 1. The minimum atomic E-state index is -0.595. The zero-order valence-corrected chi connectivity index (χ0v) is 14.1. The third kappa shape index (κ3) is 3.13. The first-order chi connectivity index (χ1) is 12.0. The second-order valence-corrected chi connectivity index (χ2v) is 5.40. The van der Waals surface area contributed by atoms with Crippen molar-refractivity contribution in [3.05, 3.63) is 52.6 Å². The van der Waals surface area contributed by atoms with E-state index in [-0.39, 0.29) is 24.5 Å². The number of esters is 2.